The van der Waals surface area contributed by atoms with Crippen molar-refractivity contribution in [2.24, 2.45) is 0 Å². The molecule has 9 rings (SSSR count). The van der Waals surface area contributed by atoms with Crippen LogP contribution in [0.15, 0.2) is 109 Å². The Morgan fingerprint density at radius 3 is 1.02 bits per heavy atom. The second-order valence-corrected chi connectivity index (χ2v) is 11.5. The van der Waals surface area contributed by atoms with Gasteiger partial charge in [-0.15, -0.1) is 0 Å². The fourth-order valence-electron chi connectivity index (χ4n) is 8.31. The van der Waals surface area contributed by atoms with Crippen molar-refractivity contribution < 1.29 is 29.6 Å². The number of rotatable bonds is 4. The van der Waals surface area contributed by atoms with Gasteiger partial charge in [-0.3, -0.25) is 0 Å². The third-order valence-electron chi connectivity index (χ3n) is 9.88. The van der Waals surface area contributed by atoms with Gasteiger partial charge in [0.1, 0.15) is 0 Å². The molecule has 0 aromatic heterocycles. The third-order valence-corrected chi connectivity index (χ3v) is 9.88. The first-order valence-corrected chi connectivity index (χ1v) is 14.2. The molecule has 0 spiro atoms. The first-order valence-electron chi connectivity index (χ1n) is 14.2. The minimum absolute atomic E-state index is 0. The van der Waals surface area contributed by atoms with E-state index in [4.69, 9.17) is 0 Å². The first kappa shape index (κ1) is 24.2. The SMILES string of the molecule is CC[B-](C1=Cc2cccc3cccc1c23)(C1=Cc2cccc3cccc1c23)C1=Cc2cccc3cccc1c23.[Na+]. The zero-order valence-electron chi connectivity index (χ0n) is 22.9. The van der Waals surface area contributed by atoms with Gasteiger partial charge in [0.05, 0.1) is 6.15 Å². The van der Waals surface area contributed by atoms with Gasteiger partial charge >= 0.3 is 29.6 Å². The van der Waals surface area contributed by atoms with Crippen LogP contribution in [0.25, 0.3) is 67.0 Å². The Morgan fingerprint density at radius 2 is 0.725 bits per heavy atom. The van der Waals surface area contributed by atoms with Crippen molar-refractivity contribution in [2.75, 3.05) is 0 Å². The Bertz CT molecular complexity index is 1900. The number of benzene rings is 6. The first-order chi connectivity index (χ1) is 19.3. The van der Waals surface area contributed by atoms with Crippen LogP contribution in [0.5, 0.6) is 0 Å². The molecule has 3 aliphatic rings. The summed E-state index contributed by atoms with van der Waals surface area (Å²) < 4.78 is 0. The van der Waals surface area contributed by atoms with Crippen molar-refractivity contribution in [3.63, 3.8) is 0 Å². The second-order valence-electron chi connectivity index (χ2n) is 11.5. The Morgan fingerprint density at radius 1 is 0.425 bits per heavy atom. The molecule has 0 nitrogen and oxygen atoms in total. The van der Waals surface area contributed by atoms with Crippen molar-refractivity contribution >= 4 is 73.1 Å². The predicted octanol–water partition coefficient (Wildman–Crippen LogP) is 7.20. The maximum absolute atomic E-state index is 2.52. The summed E-state index contributed by atoms with van der Waals surface area (Å²) in [6.07, 6.45) is 7.30. The van der Waals surface area contributed by atoms with E-state index in [0.717, 1.165) is 6.32 Å². The van der Waals surface area contributed by atoms with Crippen LogP contribution in [0, 0.1) is 0 Å². The molecule has 2 heteroatoms. The molecule has 0 saturated carbocycles. The standard InChI is InChI=1S/C38H26B.Na/c1-2-39(33-21-27-15-3-9-24-12-6-18-30(33)36(24)27,34-22-28-16-4-10-25-13-7-19-31(34)37(25)28)35-23-29-17-5-11-26-14-8-20-32(35)38(26)29;/h3-23H,2H2,1H3;/q-1;+1. The van der Waals surface area contributed by atoms with E-state index in [1.165, 1.54) is 82.1 Å². The fourth-order valence-corrected chi connectivity index (χ4v) is 8.31. The Hall–Kier alpha value is -3.62. The smallest absolute Gasteiger partial charge is 0.192 e. The summed E-state index contributed by atoms with van der Waals surface area (Å²) in [4.78, 5) is 0. The molecule has 0 heterocycles. The third kappa shape index (κ3) is 2.98. The van der Waals surface area contributed by atoms with Crippen molar-refractivity contribution in [3.8, 4) is 0 Å². The van der Waals surface area contributed by atoms with E-state index in [-0.39, 0.29) is 29.6 Å². The van der Waals surface area contributed by atoms with Gasteiger partial charge in [-0.1, -0.05) is 151 Å². The molecule has 0 bridgehead atoms. The van der Waals surface area contributed by atoms with Crippen LogP contribution >= 0.6 is 0 Å². The van der Waals surface area contributed by atoms with Crippen LogP contribution in [0.3, 0.4) is 0 Å². The topological polar surface area (TPSA) is 0 Å². The molecule has 0 unspecified atom stereocenters. The molecule has 6 aromatic rings. The summed E-state index contributed by atoms with van der Waals surface area (Å²) in [7, 11) is 0. The molecule has 0 radical (unpaired) electrons. The fraction of sp³-hybridized carbons (Fsp3) is 0.0526. The van der Waals surface area contributed by atoms with Crippen LogP contribution < -0.4 is 29.6 Å². The largest absolute Gasteiger partial charge is 1.00 e. The minimum atomic E-state index is -1.30. The predicted molar refractivity (Wildman–Crippen MR) is 172 cm³/mol. The van der Waals surface area contributed by atoms with Gasteiger partial charge in [-0.2, -0.15) is 22.7 Å². The molecule has 0 amide bonds. The molecule has 0 fully saturated rings. The quantitative estimate of drug-likeness (QED) is 0.218. The van der Waals surface area contributed by atoms with Crippen molar-refractivity contribution in [3.05, 3.63) is 143 Å². The van der Waals surface area contributed by atoms with E-state index in [9.17, 15) is 0 Å². The van der Waals surface area contributed by atoms with Gasteiger partial charge in [0, 0.05) is 0 Å². The summed E-state index contributed by atoms with van der Waals surface area (Å²) in [5.41, 5.74) is 12.7. The van der Waals surface area contributed by atoms with Crippen LogP contribution in [0.1, 0.15) is 40.3 Å². The van der Waals surface area contributed by atoms with E-state index in [2.05, 4.69) is 134 Å². The monoisotopic (exact) mass is 516 g/mol. The van der Waals surface area contributed by atoms with Crippen LogP contribution in [0.4, 0.5) is 0 Å². The van der Waals surface area contributed by atoms with Crippen molar-refractivity contribution in [2.45, 2.75) is 13.2 Å². The summed E-state index contributed by atoms with van der Waals surface area (Å²) in [6, 6.07) is 40.9. The normalized spacial score (nSPS) is 14.5. The van der Waals surface area contributed by atoms with Crippen molar-refractivity contribution in [1.29, 1.82) is 0 Å². The second kappa shape index (κ2) is 8.69. The maximum Gasteiger partial charge on any atom is 1.00 e. The molecule has 0 aliphatic heterocycles. The summed E-state index contributed by atoms with van der Waals surface area (Å²) in [6.45, 7) is 2.41. The van der Waals surface area contributed by atoms with Crippen LogP contribution in [-0.2, 0) is 0 Å². The summed E-state index contributed by atoms with van der Waals surface area (Å²) in [5.74, 6) is 0. The summed E-state index contributed by atoms with van der Waals surface area (Å²) >= 11 is 0. The van der Waals surface area contributed by atoms with Gasteiger partial charge in [0.2, 0.25) is 0 Å². The maximum atomic E-state index is 2.52. The molecule has 182 valence electrons. The van der Waals surface area contributed by atoms with Crippen LogP contribution in [-0.4, -0.2) is 6.15 Å². The van der Waals surface area contributed by atoms with E-state index in [1.54, 1.807) is 0 Å². The number of hydrogen-bond acceptors (Lipinski definition) is 0. The Balaban J connectivity index is 0.00000245. The van der Waals surface area contributed by atoms with Gasteiger partial charge in [0.25, 0.3) is 0 Å². The van der Waals surface area contributed by atoms with Gasteiger partial charge in [-0.25, -0.2) is 0 Å². The van der Waals surface area contributed by atoms with Crippen molar-refractivity contribution in [1.82, 2.24) is 0 Å². The average molecular weight is 516 g/mol. The van der Waals surface area contributed by atoms with E-state index < -0.39 is 6.15 Å². The minimum Gasteiger partial charge on any atom is -0.192 e. The zero-order valence-corrected chi connectivity index (χ0v) is 24.9. The van der Waals surface area contributed by atoms with Gasteiger partial charge < -0.3 is 0 Å². The zero-order chi connectivity index (χ0) is 25.7. The molecular formula is C38H26BNa. The van der Waals surface area contributed by atoms with Gasteiger partial charge in [-0.05, 0) is 49.0 Å². The molecule has 40 heavy (non-hydrogen) atoms. The Labute approximate surface area is 256 Å². The van der Waals surface area contributed by atoms with E-state index in [1.807, 2.05) is 0 Å². The average Bonchev–Trinajstić information content (AvgIpc) is 3.67. The molecule has 0 N–H and O–H groups in total. The molecule has 0 saturated heterocycles. The number of hydrogen-bond donors (Lipinski definition) is 0. The summed E-state index contributed by atoms with van der Waals surface area (Å²) in [5, 5.41) is 8.19. The molecule has 6 aromatic carbocycles. The Kier molecular flexibility index (Phi) is 5.26. The molecule has 0 atom stereocenters. The van der Waals surface area contributed by atoms with Crippen LogP contribution in [0.2, 0.25) is 6.32 Å². The van der Waals surface area contributed by atoms with E-state index in [0.29, 0.717) is 0 Å². The molecule has 3 aliphatic carbocycles. The van der Waals surface area contributed by atoms with Gasteiger partial charge in [0.15, 0.2) is 0 Å². The van der Waals surface area contributed by atoms with E-state index >= 15 is 0 Å². The molecular weight excluding hydrogens is 490 g/mol.